The Hall–Kier alpha value is -0.170. The molecule has 1 saturated heterocycles. The van der Waals surface area contributed by atoms with Gasteiger partial charge in [0.2, 0.25) is 0 Å². The number of hydrogen-bond donors (Lipinski definition) is 1. The predicted octanol–water partition coefficient (Wildman–Crippen LogP) is 1.82. The van der Waals surface area contributed by atoms with Gasteiger partial charge in [0.25, 0.3) is 0 Å². The number of thioether (sulfide) groups is 1. The van der Waals surface area contributed by atoms with Crippen molar-refractivity contribution >= 4 is 11.8 Å². The molecule has 0 aromatic carbocycles. The molecule has 0 spiro atoms. The molecular formula is C13H24N2S. The fourth-order valence-electron chi connectivity index (χ4n) is 2.28. The molecule has 0 aliphatic carbocycles. The standard InChI is InChI=1S/C13H24N2S/c1-4-10-16-11-9-15-8-7-14-13(5-2,6-3)12-15/h1,14H,5-12H2,2-3H3. The smallest absolute Gasteiger partial charge is 0.0545 e. The van der Waals surface area contributed by atoms with Crippen LogP contribution in [0.15, 0.2) is 0 Å². The molecule has 0 bridgehead atoms. The van der Waals surface area contributed by atoms with Gasteiger partial charge in [0.15, 0.2) is 0 Å². The van der Waals surface area contributed by atoms with Crippen molar-refractivity contribution in [2.24, 2.45) is 0 Å². The highest BCUT2D eigenvalue weighted by molar-refractivity contribution is 7.99. The van der Waals surface area contributed by atoms with Crippen LogP contribution in [0.1, 0.15) is 26.7 Å². The number of piperazine rings is 1. The summed E-state index contributed by atoms with van der Waals surface area (Å²) in [6, 6.07) is 0. The second kappa shape index (κ2) is 7.21. The van der Waals surface area contributed by atoms with Crippen molar-refractivity contribution in [3.05, 3.63) is 0 Å². The minimum absolute atomic E-state index is 0.356. The summed E-state index contributed by atoms with van der Waals surface area (Å²) in [5.41, 5.74) is 0.356. The lowest BCUT2D eigenvalue weighted by atomic mass is 9.90. The van der Waals surface area contributed by atoms with E-state index < -0.39 is 0 Å². The Labute approximate surface area is 105 Å². The zero-order valence-corrected chi connectivity index (χ0v) is 11.4. The first kappa shape index (κ1) is 13.9. The second-order valence-electron chi connectivity index (χ2n) is 4.45. The van der Waals surface area contributed by atoms with Gasteiger partial charge in [-0.25, -0.2) is 0 Å². The van der Waals surface area contributed by atoms with Gasteiger partial charge in [-0.05, 0) is 12.8 Å². The molecule has 0 saturated carbocycles. The van der Waals surface area contributed by atoms with E-state index in [4.69, 9.17) is 6.42 Å². The molecule has 1 N–H and O–H groups in total. The summed E-state index contributed by atoms with van der Waals surface area (Å²) >= 11 is 1.86. The molecule has 16 heavy (non-hydrogen) atoms. The summed E-state index contributed by atoms with van der Waals surface area (Å²) in [7, 11) is 0. The van der Waals surface area contributed by atoms with E-state index in [2.05, 4.69) is 30.0 Å². The van der Waals surface area contributed by atoms with Gasteiger partial charge in [-0.1, -0.05) is 19.8 Å². The Morgan fingerprint density at radius 3 is 2.81 bits per heavy atom. The van der Waals surface area contributed by atoms with Crippen molar-refractivity contribution in [1.29, 1.82) is 0 Å². The third-order valence-corrected chi connectivity index (χ3v) is 4.39. The highest BCUT2D eigenvalue weighted by atomic mass is 32.2. The topological polar surface area (TPSA) is 15.3 Å². The van der Waals surface area contributed by atoms with E-state index in [0.29, 0.717) is 5.54 Å². The second-order valence-corrected chi connectivity index (χ2v) is 5.55. The first-order valence-corrected chi connectivity index (χ1v) is 7.40. The Bertz CT molecular complexity index is 231. The van der Waals surface area contributed by atoms with E-state index in [1.54, 1.807) is 0 Å². The zero-order valence-electron chi connectivity index (χ0n) is 10.6. The van der Waals surface area contributed by atoms with Crippen LogP contribution in [-0.4, -0.2) is 48.1 Å². The maximum absolute atomic E-state index is 5.24. The van der Waals surface area contributed by atoms with Crippen LogP contribution >= 0.6 is 11.8 Å². The van der Waals surface area contributed by atoms with Crippen molar-refractivity contribution in [3.63, 3.8) is 0 Å². The molecule has 3 heteroatoms. The lowest BCUT2D eigenvalue weighted by Gasteiger charge is -2.43. The summed E-state index contributed by atoms with van der Waals surface area (Å²) in [5.74, 6) is 4.68. The van der Waals surface area contributed by atoms with Crippen LogP contribution in [0.5, 0.6) is 0 Å². The van der Waals surface area contributed by atoms with Crippen LogP contribution in [0, 0.1) is 12.3 Å². The number of terminal acetylenes is 1. The highest BCUT2D eigenvalue weighted by Gasteiger charge is 2.31. The molecular weight excluding hydrogens is 216 g/mol. The van der Waals surface area contributed by atoms with Crippen LogP contribution in [0.2, 0.25) is 0 Å². The van der Waals surface area contributed by atoms with Gasteiger partial charge < -0.3 is 5.32 Å². The predicted molar refractivity (Wildman–Crippen MR) is 73.9 cm³/mol. The van der Waals surface area contributed by atoms with Gasteiger partial charge in [0, 0.05) is 37.5 Å². The van der Waals surface area contributed by atoms with Crippen LogP contribution in [-0.2, 0) is 0 Å². The summed E-state index contributed by atoms with van der Waals surface area (Å²) in [6.07, 6.45) is 7.68. The molecule has 0 atom stereocenters. The lowest BCUT2D eigenvalue weighted by Crippen LogP contribution is -2.60. The maximum atomic E-state index is 5.24. The number of rotatable bonds is 6. The fraction of sp³-hybridized carbons (Fsp3) is 0.846. The molecule has 2 nitrogen and oxygen atoms in total. The van der Waals surface area contributed by atoms with Gasteiger partial charge in [-0.15, -0.1) is 18.2 Å². The van der Waals surface area contributed by atoms with E-state index in [1.807, 2.05) is 11.8 Å². The largest absolute Gasteiger partial charge is 0.309 e. The molecule has 1 rings (SSSR count). The van der Waals surface area contributed by atoms with Crippen molar-refractivity contribution in [1.82, 2.24) is 10.2 Å². The summed E-state index contributed by atoms with van der Waals surface area (Å²) < 4.78 is 0. The maximum Gasteiger partial charge on any atom is 0.0545 e. The van der Waals surface area contributed by atoms with Crippen LogP contribution < -0.4 is 5.32 Å². The third-order valence-electron chi connectivity index (χ3n) is 3.55. The number of hydrogen-bond acceptors (Lipinski definition) is 3. The third kappa shape index (κ3) is 4.01. The molecule has 0 unspecified atom stereocenters. The minimum atomic E-state index is 0.356. The van der Waals surface area contributed by atoms with E-state index in [1.165, 1.54) is 32.5 Å². The SMILES string of the molecule is C#CCSCCN1CCNC(CC)(CC)C1. The molecule has 1 aliphatic rings. The molecule has 1 aliphatic heterocycles. The molecule has 1 heterocycles. The lowest BCUT2D eigenvalue weighted by molar-refractivity contribution is 0.130. The molecule has 1 fully saturated rings. The quantitative estimate of drug-likeness (QED) is 0.563. The highest BCUT2D eigenvalue weighted by Crippen LogP contribution is 2.19. The first-order chi connectivity index (χ1) is 7.76. The average molecular weight is 240 g/mol. The molecule has 0 aromatic rings. The van der Waals surface area contributed by atoms with Gasteiger partial charge in [-0.3, -0.25) is 4.90 Å². The van der Waals surface area contributed by atoms with Crippen molar-refractivity contribution in [2.45, 2.75) is 32.2 Å². The van der Waals surface area contributed by atoms with Gasteiger partial charge in [-0.2, -0.15) is 0 Å². The average Bonchev–Trinajstić information content (AvgIpc) is 2.35. The Morgan fingerprint density at radius 1 is 1.44 bits per heavy atom. The van der Waals surface area contributed by atoms with E-state index in [9.17, 15) is 0 Å². The first-order valence-electron chi connectivity index (χ1n) is 6.25. The normalized spacial score (nSPS) is 20.6. The molecule has 0 amide bonds. The van der Waals surface area contributed by atoms with Crippen LogP contribution in [0.4, 0.5) is 0 Å². The van der Waals surface area contributed by atoms with Gasteiger partial charge >= 0.3 is 0 Å². The molecule has 0 radical (unpaired) electrons. The van der Waals surface area contributed by atoms with E-state index in [0.717, 1.165) is 18.1 Å². The monoisotopic (exact) mass is 240 g/mol. The van der Waals surface area contributed by atoms with Gasteiger partial charge in [0.05, 0.1) is 5.75 Å². The summed E-state index contributed by atoms with van der Waals surface area (Å²) in [4.78, 5) is 2.58. The summed E-state index contributed by atoms with van der Waals surface area (Å²) in [5, 5.41) is 3.68. The number of nitrogens with one attached hydrogen (secondary N) is 1. The Kier molecular flexibility index (Phi) is 6.26. The Morgan fingerprint density at radius 2 is 2.19 bits per heavy atom. The van der Waals surface area contributed by atoms with Crippen molar-refractivity contribution < 1.29 is 0 Å². The summed E-state index contributed by atoms with van der Waals surface area (Å²) in [6.45, 7) is 9.24. The fourth-order valence-corrected chi connectivity index (χ4v) is 2.93. The van der Waals surface area contributed by atoms with E-state index >= 15 is 0 Å². The van der Waals surface area contributed by atoms with Gasteiger partial charge in [0.1, 0.15) is 0 Å². The number of nitrogens with zero attached hydrogens (tertiary/aromatic N) is 1. The van der Waals surface area contributed by atoms with Crippen molar-refractivity contribution in [2.75, 3.05) is 37.7 Å². The van der Waals surface area contributed by atoms with Crippen LogP contribution in [0.25, 0.3) is 0 Å². The van der Waals surface area contributed by atoms with Crippen LogP contribution in [0.3, 0.4) is 0 Å². The van der Waals surface area contributed by atoms with E-state index in [-0.39, 0.29) is 0 Å². The van der Waals surface area contributed by atoms with Crippen molar-refractivity contribution in [3.8, 4) is 12.3 Å². The Balaban J connectivity index is 2.30. The zero-order chi connectivity index (χ0) is 11.9. The minimum Gasteiger partial charge on any atom is -0.309 e. The molecule has 0 aromatic heterocycles. The molecule has 92 valence electrons.